The first-order valence-corrected chi connectivity index (χ1v) is 10.1. The molecule has 0 fully saturated rings. The highest BCUT2D eigenvalue weighted by molar-refractivity contribution is 5.91. The number of hydrogen-bond donors (Lipinski definition) is 0. The van der Waals surface area contributed by atoms with Gasteiger partial charge in [-0.25, -0.2) is 4.98 Å². The van der Waals surface area contributed by atoms with E-state index in [1.807, 2.05) is 51.2 Å². The van der Waals surface area contributed by atoms with Gasteiger partial charge in [-0.3, -0.25) is 15.0 Å². The molecule has 5 aromatic heterocycles. The molecule has 0 saturated heterocycles. The summed E-state index contributed by atoms with van der Waals surface area (Å²) in [6, 6.07) is 14.2. The highest BCUT2D eigenvalue weighted by atomic mass is 15.0. The lowest BCUT2D eigenvalue weighted by atomic mass is 10.1. The molecular formula is C24H25N5. The molecule has 5 rings (SSSR count). The summed E-state index contributed by atoms with van der Waals surface area (Å²) in [6.45, 7) is 8.12. The zero-order chi connectivity index (χ0) is 20.4. The smallest absolute Gasteiger partial charge is 0.146 e. The minimum absolute atomic E-state index is 0.852. The average Bonchev–Trinajstić information content (AvgIpc) is 3.09. The van der Waals surface area contributed by atoms with Crippen LogP contribution in [0.3, 0.4) is 0 Å². The third-order valence-corrected chi connectivity index (χ3v) is 5.07. The molecule has 29 heavy (non-hydrogen) atoms. The van der Waals surface area contributed by atoms with Crippen LogP contribution < -0.4 is 0 Å². The van der Waals surface area contributed by atoms with E-state index in [1.165, 1.54) is 5.69 Å². The Bertz CT molecular complexity index is 1300. The molecule has 0 amide bonds. The number of aryl methyl sites for hydroxylation is 4. The number of pyridine rings is 4. The number of aromatic nitrogens is 5. The fourth-order valence-electron chi connectivity index (χ4n) is 3.59. The lowest BCUT2D eigenvalue weighted by Crippen LogP contribution is -1.98. The Labute approximate surface area is 170 Å². The third kappa shape index (κ3) is 3.56. The van der Waals surface area contributed by atoms with Crippen molar-refractivity contribution in [1.29, 1.82) is 0 Å². The number of imidazole rings is 1. The first-order chi connectivity index (χ1) is 14.2. The lowest BCUT2D eigenvalue weighted by Gasteiger charge is -2.03. The van der Waals surface area contributed by atoms with Crippen molar-refractivity contribution >= 4 is 27.6 Å². The summed E-state index contributed by atoms with van der Waals surface area (Å²) < 4.78 is 2.15. The minimum atomic E-state index is 0.852. The van der Waals surface area contributed by atoms with E-state index in [1.54, 1.807) is 0 Å². The van der Waals surface area contributed by atoms with E-state index < -0.39 is 0 Å². The van der Waals surface area contributed by atoms with Gasteiger partial charge in [-0.1, -0.05) is 13.8 Å². The van der Waals surface area contributed by atoms with Crippen LogP contribution in [0, 0.1) is 13.8 Å². The maximum absolute atomic E-state index is 4.91. The summed E-state index contributed by atoms with van der Waals surface area (Å²) in [4.78, 5) is 18.6. The maximum atomic E-state index is 4.91. The van der Waals surface area contributed by atoms with Gasteiger partial charge < -0.3 is 4.40 Å². The Morgan fingerprint density at radius 2 is 1.59 bits per heavy atom. The molecule has 0 bridgehead atoms. The Balaban J connectivity index is 0.000000994. The Hall–Kier alpha value is -3.34. The molecule has 0 aromatic carbocycles. The van der Waals surface area contributed by atoms with Gasteiger partial charge in [0.05, 0.1) is 22.2 Å². The Morgan fingerprint density at radius 1 is 0.793 bits per heavy atom. The van der Waals surface area contributed by atoms with Crippen LogP contribution >= 0.6 is 0 Å². The fraction of sp³-hybridized carbons (Fsp3) is 0.250. The lowest BCUT2D eigenvalue weighted by molar-refractivity contribution is 0.884. The molecule has 146 valence electrons. The zero-order valence-corrected chi connectivity index (χ0v) is 17.3. The second-order valence-electron chi connectivity index (χ2n) is 6.88. The Morgan fingerprint density at radius 3 is 2.45 bits per heavy atom. The molecule has 5 heteroatoms. The van der Waals surface area contributed by atoms with Gasteiger partial charge in [0.1, 0.15) is 5.65 Å². The van der Waals surface area contributed by atoms with Gasteiger partial charge in [0.25, 0.3) is 0 Å². The quantitative estimate of drug-likeness (QED) is 0.427. The van der Waals surface area contributed by atoms with Gasteiger partial charge in [0.2, 0.25) is 0 Å². The van der Waals surface area contributed by atoms with Crippen LogP contribution in [-0.4, -0.2) is 24.3 Å². The van der Waals surface area contributed by atoms with E-state index in [-0.39, 0.29) is 0 Å². The molecule has 0 saturated carbocycles. The van der Waals surface area contributed by atoms with Crippen LogP contribution in [-0.2, 0) is 12.8 Å². The van der Waals surface area contributed by atoms with E-state index in [0.29, 0.717) is 0 Å². The summed E-state index contributed by atoms with van der Waals surface area (Å²) in [5, 5.41) is 1.08. The van der Waals surface area contributed by atoms with Crippen molar-refractivity contribution in [3.8, 4) is 0 Å². The number of hydrogen-bond acceptors (Lipinski definition) is 4. The van der Waals surface area contributed by atoms with E-state index >= 15 is 0 Å². The minimum Gasteiger partial charge on any atom is -0.303 e. The van der Waals surface area contributed by atoms with Crippen molar-refractivity contribution in [1.82, 2.24) is 24.3 Å². The van der Waals surface area contributed by atoms with E-state index in [0.717, 1.165) is 57.5 Å². The normalized spacial score (nSPS) is 11.0. The van der Waals surface area contributed by atoms with Gasteiger partial charge in [0, 0.05) is 34.9 Å². The van der Waals surface area contributed by atoms with Crippen LogP contribution in [0.15, 0.2) is 54.9 Å². The summed E-state index contributed by atoms with van der Waals surface area (Å²) in [6.07, 6.45) is 5.58. The van der Waals surface area contributed by atoms with E-state index in [4.69, 9.17) is 9.97 Å². The number of fused-ring (bicyclic) bond motifs is 4. The first-order valence-electron chi connectivity index (χ1n) is 10.1. The van der Waals surface area contributed by atoms with Crippen LogP contribution in [0.1, 0.15) is 36.6 Å². The molecular weight excluding hydrogens is 358 g/mol. The molecule has 0 atom stereocenters. The Kier molecular flexibility index (Phi) is 5.21. The van der Waals surface area contributed by atoms with Crippen LogP contribution in [0.4, 0.5) is 0 Å². The first kappa shape index (κ1) is 19.0. The topological polar surface area (TPSA) is 56.0 Å². The molecule has 0 aliphatic heterocycles. The fourth-order valence-corrected chi connectivity index (χ4v) is 3.59. The molecule has 0 aliphatic rings. The number of rotatable bonds is 3. The maximum Gasteiger partial charge on any atom is 0.146 e. The second kappa shape index (κ2) is 7.95. The molecule has 0 radical (unpaired) electrons. The molecule has 0 N–H and O–H groups in total. The third-order valence-electron chi connectivity index (χ3n) is 5.07. The van der Waals surface area contributed by atoms with Gasteiger partial charge in [-0.05, 0) is 69.2 Å². The van der Waals surface area contributed by atoms with Gasteiger partial charge in [0.15, 0.2) is 0 Å². The largest absolute Gasteiger partial charge is 0.303 e. The highest BCUT2D eigenvalue weighted by Gasteiger charge is 2.12. The summed E-state index contributed by atoms with van der Waals surface area (Å²) in [7, 11) is 0. The molecule has 0 spiro atoms. The average molecular weight is 383 g/mol. The van der Waals surface area contributed by atoms with Crippen LogP contribution in [0.25, 0.3) is 27.6 Å². The molecule has 0 unspecified atom stereocenters. The van der Waals surface area contributed by atoms with Crippen LogP contribution in [0.5, 0.6) is 0 Å². The van der Waals surface area contributed by atoms with Crippen molar-refractivity contribution in [3.05, 3.63) is 77.6 Å². The monoisotopic (exact) mass is 383 g/mol. The molecule has 0 aliphatic carbocycles. The van der Waals surface area contributed by atoms with Crippen molar-refractivity contribution in [2.24, 2.45) is 0 Å². The highest BCUT2D eigenvalue weighted by Crippen LogP contribution is 2.21. The molecule has 5 nitrogen and oxygen atoms in total. The van der Waals surface area contributed by atoms with Gasteiger partial charge in [-0.15, -0.1) is 0 Å². The zero-order valence-electron chi connectivity index (χ0n) is 17.3. The summed E-state index contributed by atoms with van der Waals surface area (Å²) in [5.74, 6) is 0. The van der Waals surface area contributed by atoms with Crippen molar-refractivity contribution in [2.75, 3.05) is 0 Å². The van der Waals surface area contributed by atoms with Crippen molar-refractivity contribution in [3.63, 3.8) is 0 Å². The van der Waals surface area contributed by atoms with Crippen molar-refractivity contribution < 1.29 is 0 Å². The summed E-state index contributed by atoms with van der Waals surface area (Å²) in [5.41, 5.74) is 8.20. The summed E-state index contributed by atoms with van der Waals surface area (Å²) >= 11 is 0. The molecule has 5 aromatic rings. The van der Waals surface area contributed by atoms with Crippen molar-refractivity contribution in [2.45, 2.75) is 40.5 Å². The van der Waals surface area contributed by atoms with E-state index in [2.05, 4.69) is 45.7 Å². The molecule has 5 heterocycles. The standard InChI is InChI=1S/C22H19N5.C2H6/c1-14-5-8-21-20(24-14)10-7-16(25-21)6-9-18-15(2)27-13-11-19-17(22(27)26-18)4-3-12-23-19;1-2/h3-5,7-8,10-13H,6,9H2,1-2H3;1-2H3. The SMILES string of the molecule is CC.Cc1ccc2nc(CCc3nc4c5cccnc5ccn4c3C)ccc2n1. The number of nitrogens with zero attached hydrogens (tertiary/aromatic N) is 5. The van der Waals surface area contributed by atoms with Crippen LogP contribution in [0.2, 0.25) is 0 Å². The second-order valence-corrected chi connectivity index (χ2v) is 6.88. The predicted octanol–water partition coefficient (Wildman–Crippen LogP) is 5.25. The predicted molar refractivity (Wildman–Crippen MR) is 118 cm³/mol. The van der Waals surface area contributed by atoms with Gasteiger partial charge >= 0.3 is 0 Å². The van der Waals surface area contributed by atoms with E-state index in [9.17, 15) is 0 Å². The van der Waals surface area contributed by atoms with Gasteiger partial charge in [-0.2, -0.15) is 0 Å².